The molecule has 0 aliphatic heterocycles. The second-order valence-corrected chi connectivity index (χ2v) is 6.40. The zero-order valence-corrected chi connectivity index (χ0v) is 13.8. The van der Waals surface area contributed by atoms with Crippen LogP contribution in [0, 0.1) is 17.1 Å². The van der Waals surface area contributed by atoms with Crippen LogP contribution >= 0.6 is 11.3 Å². The van der Waals surface area contributed by atoms with Crippen LogP contribution in [0.3, 0.4) is 0 Å². The van der Waals surface area contributed by atoms with Gasteiger partial charge in [-0.1, -0.05) is 12.1 Å². The largest absolute Gasteiger partial charge is 0.457 e. The van der Waals surface area contributed by atoms with Crippen molar-refractivity contribution >= 4 is 33.2 Å². The van der Waals surface area contributed by atoms with E-state index < -0.39 is 0 Å². The zero-order valence-electron chi connectivity index (χ0n) is 12.9. The number of para-hydroxylation sites is 1. The molecule has 0 spiro atoms. The van der Waals surface area contributed by atoms with Gasteiger partial charge in [0.05, 0.1) is 15.8 Å². The highest BCUT2D eigenvalue weighted by Crippen LogP contribution is 2.29. The Bertz CT molecular complexity index is 1080. The maximum atomic E-state index is 13.0. The minimum atomic E-state index is -0.293. The first-order chi connectivity index (χ1) is 12.2. The second kappa shape index (κ2) is 6.34. The maximum absolute atomic E-state index is 13.0. The van der Waals surface area contributed by atoms with Gasteiger partial charge in [0.1, 0.15) is 28.4 Å². The summed E-state index contributed by atoms with van der Waals surface area (Å²) in [5.74, 6) is 0.876. The number of fused-ring (bicyclic) bond motifs is 1. The third-order valence-corrected chi connectivity index (χ3v) is 4.76. The lowest BCUT2D eigenvalue weighted by molar-refractivity contribution is 0.571. The number of halogens is 1. The molecule has 25 heavy (non-hydrogen) atoms. The number of nitriles is 1. The van der Waals surface area contributed by atoms with Crippen LogP contribution in [0.4, 0.5) is 4.39 Å². The number of aromatic nitrogens is 1. The first kappa shape index (κ1) is 15.3. The van der Waals surface area contributed by atoms with E-state index in [1.54, 1.807) is 30.3 Å². The van der Waals surface area contributed by atoms with Gasteiger partial charge in [-0.3, -0.25) is 0 Å². The van der Waals surface area contributed by atoms with Crippen molar-refractivity contribution in [2.75, 3.05) is 0 Å². The first-order valence-corrected chi connectivity index (χ1v) is 8.38. The number of hydrogen-bond acceptors (Lipinski definition) is 4. The lowest BCUT2D eigenvalue weighted by Crippen LogP contribution is -1.79. The highest BCUT2D eigenvalue weighted by molar-refractivity contribution is 7.19. The summed E-state index contributed by atoms with van der Waals surface area (Å²) in [6.45, 7) is 0. The Morgan fingerprint density at radius 3 is 2.64 bits per heavy atom. The Morgan fingerprint density at radius 2 is 1.88 bits per heavy atom. The Balaban J connectivity index is 1.69. The van der Waals surface area contributed by atoms with Gasteiger partial charge in [0.2, 0.25) is 0 Å². The predicted octanol–water partition coefficient (Wildman–Crippen LogP) is 5.76. The standard InChI is InChI=1S/C20H11FN2OS/c21-15-7-5-13(6-8-15)18-10-9-16(24-18)11-14(12-22)20-23-17-3-1-2-4-19(17)25-20/h1-11H/b14-11+. The van der Waals surface area contributed by atoms with Gasteiger partial charge in [-0.2, -0.15) is 5.26 Å². The van der Waals surface area contributed by atoms with Gasteiger partial charge in [0.15, 0.2) is 0 Å². The van der Waals surface area contributed by atoms with Crippen LogP contribution in [-0.4, -0.2) is 4.98 Å². The zero-order chi connectivity index (χ0) is 17.2. The molecule has 0 saturated carbocycles. The van der Waals surface area contributed by atoms with Crippen LogP contribution in [0.5, 0.6) is 0 Å². The van der Waals surface area contributed by atoms with Crippen molar-refractivity contribution < 1.29 is 8.81 Å². The number of thiazole rings is 1. The van der Waals surface area contributed by atoms with Gasteiger partial charge in [0.25, 0.3) is 0 Å². The molecule has 2 heterocycles. The minimum absolute atomic E-state index is 0.293. The number of rotatable bonds is 3. The quantitative estimate of drug-likeness (QED) is 0.443. The van der Waals surface area contributed by atoms with Gasteiger partial charge < -0.3 is 4.42 Å². The fourth-order valence-electron chi connectivity index (χ4n) is 2.47. The van der Waals surface area contributed by atoms with Gasteiger partial charge in [-0.25, -0.2) is 9.37 Å². The average Bonchev–Trinajstić information content (AvgIpc) is 3.27. The Morgan fingerprint density at radius 1 is 1.08 bits per heavy atom. The lowest BCUT2D eigenvalue weighted by atomic mass is 10.2. The van der Waals surface area contributed by atoms with Gasteiger partial charge in [-0.15, -0.1) is 11.3 Å². The Labute approximate surface area is 147 Å². The number of hydrogen-bond donors (Lipinski definition) is 0. The van der Waals surface area contributed by atoms with Crippen LogP contribution in [-0.2, 0) is 0 Å². The molecule has 0 aliphatic rings. The monoisotopic (exact) mass is 346 g/mol. The molecule has 4 aromatic rings. The summed E-state index contributed by atoms with van der Waals surface area (Å²) in [7, 11) is 0. The maximum Gasteiger partial charge on any atom is 0.135 e. The Hall–Kier alpha value is -3.23. The summed E-state index contributed by atoms with van der Waals surface area (Å²) in [5.41, 5.74) is 2.09. The fourth-order valence-corrected chi connectivity index (χ4v) is 3.40. The Kier molecular flexibility index (Phi) is 3.88. The molecule has 0 atom stereocenters. The molecule has 0 unspecified atom stereocenters. The van der Waals surface area contributed by atoms with Gasteiger partial charge in [0, 0.05) is 11.6 Å². The molecular weight excluding hydrogens is 335 g/mol. The van der Waals surface area contributed by atoms with Gasteiger partial charge >= 0.3 is 0 Å². The summed E-state index contributed by atoms with van der Waals surface area (Å²) in [6.07, 6.45) is 1.67. The summed E-state index contributed by atoms with van der Waals surface area (Å²) in [4.78, 5) is 4.50. The highest BCUT2D eigenvalue weighted by Gasteiger charge is 2.10. The van der Waals surface area contributed by atoms with E-state index in [2.05, 4.69) is 11.1 Å². The summed E-state index contributed by atoms with van der Waals surface area (Å²) in [6, 6.07) is 19.6. The molecule has 3 nitrogen and oxygen atoms in total. The fraction of sp³-hybridized carbons (Fsp3) is 0. The number of benzene rings is 2. The van der Waals surface area contributed by atoms with E-state index in [0.717, 1.165) is 15.8 Å². The molecule has 0 N–H and O–H groups in total. The smallest absolute Gasteiger partial charge is 0.135 e. The van der Waals surface area contributed by atoms with Crippen molar-refractivity contribution in [2.45, 2.75) is 0 Å². The molecule has 0 radical (unpaired) electrons. The molecular formula is C20H11FN2OS. The molecule has 4 rings (SSSR count). The molecule has 120 valence electrons. The van der Waals surface area contributed by atoms with E-state index in [1.165, 1.54) is 23.5 Å². The normalized spacial score (nSPS) is 11.6. The predicted molar refractivity (Wildman–Crippen MR) is 97.2 cm³/mol. The number of furan rings is 1. The van der Waals surface area contributed by atoms with Crippen LogP contribution < -0.4 is 0 Å². The average molecular weight is 346 g/mol. The SMILES string of the molecule is N#C/C(=C\c1ccc(-c2ccc(F)cc2)o1)c1nc2ccccc2s1. The molecule has 0 amide bonds. The highest BCUT2D eigenvalue weighted by atomic mass is 32.1. The molecule has 2 aromatic carbocycles. The van der Waals surface area contributed by atoms with Crippen LogP contribution in [0.2, 0.25) is 0 Å². The number of allylic oxidation sites excluding steroid dienone is 1. The molecule has 0 aliphatic carbocycles. The van der Waals surface area contributed by atoms with Crippen LogP contribution in [0.25, 0.3) is 33.2 Å². The molecule has 2 aromatic heterocycles. The van der Waals surface area contributed by atoms with E-state index in [4.69, 9.17) is 4.42 Å². The van der Waals surface area contributed by atoms with E-state index in [9.17, 15) is 9.65 Å². The molecule has 5 heteroatoms. The summed E-state index contributed by atoms with van der Waals surface area (Å²) in [5, 5.41) is 10.1. The van der Waals surface area contributed by atoms with Crippen LogP contribution in [0.1, 0.15) is 10.8 Å². The number of nitrogens with zero attached hydrogens (tertiary/aromatic N) is 2. The summed E-state index contributed by atoms with van der Waals surface area (Å²) >= 11 is 1.47. The van der Waals surface area contributed by atoms with Crippen molar-refractivity contribution in [3.8, 4) is 17.4 Å². The molecule has 0 saturated heterocycles. The van der Waals surface area contributed by atoms with E-state index in [1.807, 2.05) is 24.3 Å². The van der Waals surface area contributed by atoms with Crippen molar-refractivity contribution in [1.82, 2.24) is 4.98 Å². The van der Waals surface area contributed by atoms with Crippen molar-refractivity contribution in [3.63, 3.8) is 0 Å². The van der Waals surface area contributed by atoms with Crippen molar-refractivity contribution in [2.24, 2.45) is 0 Å². The third-order valence-electron chi connectivity index (χ3n) is 3.69. The van der Waals surface area contributed by atoms with E-state index >= 15 is 0 Å². The summed E-state index contributed by atoms with van der Waals surface area (Å²) < 4.78 is 19.8. The van der Waals surface area contributed by atoms with E-state index in [0.29, 0.717) is 22.1 Å². The lowest BCUT2D eigenvalue weighted by Gasteiger charge is -1.96. The topological polar surface area (TPSA) is 49.8 Å². The second-order valence-electron chi connectivity index (χ2n) is 5.37. The van der Waals surface area contributed by atoms with Crippen molar-refractivity contribution in [1.29, 1.82) is 5.26 Å². The first-order valence-electron chi connectivity index (χ1n) is 7.56. The van der Waals surface area contributed by atoms with Crippen molar-refractivity contribution in [3.05, 3.63) is 77.2 Å². The van der Waals surface area contributed by atoms with E-state index in [-0.39, 0.29) is 5.82 Å². The third kappa shape index (κ3) is 3.08. The van der Waals surface area contributed by atoms with Crippen LogP contribution in [0.15, 0.2) is 65.1 Å². The molecule has 0 bridgehead atoms. The van der Waals surface area contributed by atoms with Gasteiger partial charge in [-0.05, 0) is 48.5 Å². The molecule has 0 fully saturated rings. The minimum Gasteiger partial charge on any atom is -0.457 e.